The van der Waals surface area contributed by atoms with E-state index in [1.165, 1.54) is 12.0 Å². The first-order valence-corrected chi connectivity index (χ1v) is 10.5. The third kappa shape index (κ3) is 3.07. The Morgan fingerprint density at radius 1 is 0.935 bits per heavy atom. The zero-order valence-corrected chi connectivity index (χ0v) is 17.5. The first-order valence-electron chi connectivity index (χ1n) is 10.5. The average Bonchev–Trinajstić information content (AvgIpc) is 3.47. The Hall–Kier alpha value is -3.35. The number of benzene rings is 2. The van der Waals surface area contributed by atoms with Crippen LogP contribution in [-0.4, -0.2) is 31.9 Å². The minimum atomic E-state index is -0.327. The normalized spacial score (nSPS) is 26.2. The second-order valence-electron chi connectivity index (χ2n) is 8.46. The molecule has 2 saturated carbocycles. The standard InChI is InChI=1S/C24H24N2O5/c1-30-17-9-10-19(31-2)18(12-17)25-22(27)13-5-7-16(8-6-13)26-23(28)20-14-3-4-15(11-14)21(20)24(26)29/h5-10,12,14-15,20-21H,3-4,11H2,1-2H3,(H,25,27)/t14-,15-,20+,21+/m0/s1. The molecule has 0 radical (unpaired) electrons. The zero-order chi connectivity index (χ0) is 21.7. The highest BCUT2D eigenvalue weighted by molar-refractivity contribution is 6.22. The Labute approximate surface area is 180 Å². The molecule has 0 spiro atoms. The molecule has 5 rings (SSSR count). The maximum absolute atomic E-state index is 13.0. The smallest absolute Gasteiger partial charge is 0.255 e. The molecule has 1 N–H and O–H groups in total. The summed E-state index contributed by atoms with van der Waals surface area (Å²) in [5.74, 6) is 0.994. The van der Waals surface area contributed by atoms with E-state index < -0.39 is 0 Å². The van der Waals surface area contributed by atoms with Gasteiger partial charge in [0, 0.05) is 11.6 Å². The van der Waals surface area contributed by atoms with Crippen molar-refractivity contribution in [3.05, 3.63) is 48.0 Å². The van der Waals surface area contributed by atoms with Gasteiger partial charge in [-0.05, 0) is 67.5 Å². The molecule has 1 heterocycles. The summed E-state index contributed by atoms with van der Waals surface area (Å²) in [6, 6.07) is 11.7. The highest BCUT2D eigenvalue weighted by Gasteiger charge is 2.61. The third-order valence-electron chi connectivity index (χ3n) is 6.97. The number of hydrogen-bond acceptors (Lipinski definition) is 5. The van der Waals surface area contributed by atoms with E-state index in [4.69, 9.17) is 9.47 Å². The monoisotopic (exact) mass is 420 g/mol. The lowest BCUT2D eigenvalue weighted by Crippen LogP contribution is -2.32. The maximum Gasteiger partial charge on any atom is 0.255 e. The fourth-order valence-corrected chi connectivity index (χ4v) is 5.53. The number of rotatable bonds is 5. The first-order chi connectivity index (χ1) is 15.0. The van der Waals surface area contributed by atoms with Crippen molar-refractivity contribution < 1.29 is 23.9 Å². The minimum absolute atomic E-state index is 0.0829. The fraction of sp³-hybridized carbons (Fsp3) is 0.375. The van der Waals surface area contributed by atoms with E-state index in [2.05, 4.69) is 5.32 Å². The number of nitrogens with zero attached hydrogens (tertiary/aromatic N) is 1. The Morgan fingerprint density at radius 2 is 1.58 bits per heavy atom. The number of imide groups is 1. The molecular formula is C24H24N2O5. The largest absolute Gasteiger partial charge is 0.497 e. The van der Waals surface area contributed by atoms with Crippen molar-refractivity contribution in [1.29, 1.82) is 0 Å². The van der Waals surface area contributed by atoms with Gasteiger partial charge in [0.25, 0.3) is 5.91 Å². The SMILES string of the molecule is COc1ccc(OC)c(NC(=O)c2ccc(N3C(=O)[C@@H]4[C@H]5CC[C@@H](C5)[C@H]4C3=O)cc2)c1. The van der Waals surface area contributed by atoms with Crippen molar-refractivity contribution >= 4 is 29.1 Å². The third-order valence-corrected chi connectivity index (χ3v) is 6.97. The highest BCUT2D eigenvalue weighted by Crippen LogP contribution is 2.56. The Balaban J connectivity index is 1.34. The second kappa shape index (κ2) is 7.41. The average molecular weight is 420 g/mol. The molecule has 31 heavy (non-hydrogen) atoms. The van der Waals surface area contributed by atoms with E-state index in [0.29, 0.717) is 40.3 Å². The van der Waals surface area contributed by atoms with Gasteiger partial charge in [-0.3, -0.25) is 19.3 Å². The molecule has 2 aromatic rings. The summed E-state index contributed by atoms with van der Waals surface area (Å²) in [4.78, 5) is 40.0. The number of anilines is 2. The summed E-state index contributed by atoms with van der Waals surface area (Å²) in [6.45, 7) is 0. The number of methoxy groups -OCH3 is 2. The molecule has 7 heteroatoms. The number of carbonyl (C=O) groups is 3. The van der Waals surface area contributed by atoms with E-state index in [0.717, 1.165) is 19.3 Å². The van der Waals surface area contributed by atoms with Crippen LogP contribution in [0.5, 0.6) is 11.5 Å². The van der Waals surface area contributed by atoms with Crippen LogP contribution in [0.2, 0.25) is 0 Å². The number of ether oxygens (including phenoxy) is 2. The number of fused-ring (bicyclic) bond motifs is 5. The van der Waals surface area contributed by atoms with Crippen molar-refractivity contribution in [3.8, 4) is 11.5 Å². The summed E-state index contributed by atoms with van der Waals surface area (Å²) < 4.78 is 10.5. The number of carbonyl (C=O) groups excluding carboxylic acids is 3. The summed E-state index contributed by atoms with van der Waals surface area (Å²) in [5, 5.41) is 2.82. The van der Waals surface area contributed by atoms with Crippen LogP contribution in [0.1, 0.15) is 29.6 Å². The molecule has 0 aromatic heterocycles. The molecule has 2 bridgehead atoms. The molecule has 3 aliphatic rings. The van der Waals surface area contributed by atoms with Gasteiger partial charge in [0.05, 0.1) is 37.4 Å². The van der Waals surface area contributed by atoms with Crippen LogP contribution in [0, 0.1) is 23.7 Å². The molecule has 1 saturated heterocycles. The van der Waals surface area contributed by atoms with Crippen molar-refractivity contribution in [1.82, 2.24) is 0 Å². The van der Waals surface area contributed by atoms with Crippen LogP contribution in [0.4, 0.5) is 11.4 Å². The van der Waals surface area contributed by atoms with Crippen LogP contribution in [0.25, 0.3) is 0 Å². The summed E-state index contributed by atoms with van der Waals surface area (Å²) in [5.41, 5.74) is 1.43. The van der Waals surface area contributed by atoms with Gasteiger partial charge in [0.15, 0.2) is 0 Å². The lowest BCUT2D eigenvalue weighted by Gasteiger charge is -2.19. The Morgan fingerprint density at radius 3 is 2.16 bits per heavy atom. The van der Waals surface area contributed by atoms with Gasteiger partial charge in [-0.1, -0.05) is 0 Å². The second-order valence-corrected chi connectivity index (χ2v) is 8.46. The quantitative estimate of drug-likeness (QED) is 0.749. The van der Waals surface area contributed by atoms with Crippen molar-refractivity contribution in [2.24, 2.45) is 23.7 Å². The number of hydrogen-bond donors (Lipinski definition) is 1. The van der Waals surface area contributed by atoms with Crippen molar-refractivity contribution in [3.63, 3.8) is 0 Å². The summed E-state index contributed by atoms with van der Waals surface area (Å²) in [7, 11) is 3.07. The van der Waals surface area contributed by atoms with Crippen LogP contribution in [-0.2, 0) is 9.59 Å². The Bertz CT molecular complexity index is 1040. The highest BCUT2D eigenvalue weighted by atomic mass is 16.5. The van der Waals surface area contributed by atoms with Crippen molar-refractivity contribution in [2.75, 3.05) is 24.4 Å². The van der Waals surface area contributed by atoms with Crippen LogP contribution < -0.4 is 19.7 Å². The maximum atomic E-state index is 13.0. The van der Waals surface area contributed by atoms with E-state index in [-0.39, 0.29) is 29.6 Å². The molecule has 0 unspecified atom stereocenters. The first kappa shape index (κ1) is 19.6. The van der Waals surface area contributed by atoms with Gasteiger partial charge < -0.3 is 14.8 Å². The molecule has 4 atom stereocenters. The van der Waals surface area contributed by atoms with Gasteiger partial charge in [-0.15, -0.1) is 0 Å². The van der Waals surface area contributed by atoms with Gasteiger partial charge in [0.1, 0.15) is 11.5 Å². The predicted molar refractivity (Wildman–Crippen MR) is 114 cm³/mol. The number of amides is 3. The number of nitrogens with one attached hydrogen (secondary N) is 1. The Kier molecular flexibility index (Phi) is 4.68. The minimum Gasteiger partial charge on any atom is -0.497 e. The van der Waals surface area contributed by atoms with Gasteiger partial charge in [-0.2, -0.15) is 0 Å². The molecule has 2 aromatic carbocycles. The molecule has 1 aliphatic heterocycles. The molecule has 2 aliphatic carbocycles. The van der Waals surface area contributed by atoms with Crippen LogP contribution in [0.15, 0.2) is 42.5 Å². The van der Waals surface area contributed by atoms with Gasteiger partial charge in [0.2, 0.25) is 11.8 Å². The van der Waals surface area contributed by atoms with E-state index in [1.54, 1.807) is 49.6 Å². The van der Waals surface area contributed by atoms with E-state index >= 15 is 0 Å². The molecule has 3 fully saturated rings. The molecular weight excluding hydrogens is 396 g/mol. The lowest BCUT2D eigenvalue weighted by atomic mass is 9.81. The topological polar surface area (TPSA) is 84.9 Å². The summed E-state index contributed by atoms with van der Waals surface area (Å²) in [6.07, 6.45) is 3.10. The van der Waals surface area contributed by atoms with E-state index in [1.807, 2.05) is 0 Å². The fourth-order valence-electron chi connectivity index (χ4n) is 5.53. The predicted octanol–water partition coefficient (Wildman–Crippen LogP) is 3.49. The molecule has 3 amide bonds. The summed E-state index contributed by atoms with van der Waals surface area (Å²) >= 11 is 0. The van der Waals surface area contributed by atoms with Gasteiger partial charge in [-0.25, -0.2) is 0 Å². The van der Waals surface area contributed by atoms with Crippen molar-refractivity contribution in [2.45, 2.75) is 19.3 Å². The lowest BCUT2D eigenvalue weighted by molar-refractivity contribution is -0.123. The van der Waals surface area contributed by atoms with Gasteiger partial charge >= 0.3 is 0 Å². The van der Waals surface area contributed by atoms with Crippen LogP contribution >= 0.6 is 0 Å². The van der Waals surface area contributed by atoms with Crippen LogP contribution in [0.3, 0.4) is 0 Å². The zero-order valence-electron chi connectivity index (χ0n) is 17.5. The molecule has 7 nitrogen and oxygen atoms in total. The molecule has 160 valence electrons. The van der Waals surface area contributed by atoms with E-state index in [9.17, 15) is 14.4 Å².